The molecule has 1 N–H and O–H groups in total. The number of anilines is 1. The molecule has 0 fully saturated rings. The average molecular weight is 484 g/mol. The van der Waals surface area contributed by atoms with Crippen LogP contribution >= 0.6 is 0 Å². The maximum Gasteiger partial charge on any atom is 0.271 e. The van der Waals surface area contributed by atoms with Crippen molar-refractivity contribution in [2.45, 2.75) is 39.0 Å². The fourth-order valence-corrected chi connectivity index (χ4v) is 4.71. The molecular weight excluding hydrogens is 454 g/mol. The van der Waals surface area contributed by atoms with Gasteiger partial charge in [0.05, 0.1) is 5.69 Å². The van der Waals surface area contributed by atoms with Gasteiger partial charge in [0, 0.05) is 25.2 Å². The molecule has 7 nitrogen and oxygen atoms in total. The van der Waals surface area contributed by atoms with Crippen LogP contribution in [0.3, 0.4) is 0 Å². The van der Waals surface area contributed by atoms with E-state index in [-0.39, 0.29) is 24.3 Å². The van der Waals surface area contributed by atoms with Gasteiger partial charge in [0.15, 0.2) is 5.60 Å². The van der Waals surface area contributed by atoms with Crippen LogP contribution < -0.4 is 15.0 Å². The second kappa shape index (κ2) is 9.49. The summed E-state index contributed by atoms with van der Waals surface area (Å²) in [6, 6.07) is 22.8. The molecular formula is C29H29N3O4. The lowest BCUT2D eigenvalue weighted by atomic mass is 9.98. The highest BCUT2D eigenvalue weighted by molar-refractivity contribution is 6.07. The van der Waals surface area contributed by atoms with E-state index in [1.807, 2.05) is 53.4 Å². The van der Waals surface area contributed by atoms with E-state index < -0.39 is 5.60 Å². The second-order valence-corrected chi connectivity index (χ2v) is 9.69. The van der Waals surface area contributed by atoms with E-state index in [1.165, 1.54) is 10.5 Å². The summed E-state index contributed by atoms with van der Waals surface area (Å²) in [7, 11) is 0. The monoisotopic (exact) mass is 483 g/mol. The Kier molecular flexibility index (Phi) is 6.22. The molecule has 0 aliphatic carbocycles. The Labute approximate surface area is 210 Å². The van der Waals surface area contributed by atoms with Gasteiger partial charge in [0.2, 0.25) is 5.91 Å². The summed E-state index contributed by atoms with van der Waals surface area (Å²) in [4.78, 5) is 42.7. The smallest absolute Gasteiger partial charge is 0.271 e. The molecule has 5 rings (SSSR count). The first-order valence-electron chi connectivity index (χ1n) is 12.1. The van der Waals surface area contributed by atoms with Gasteiger partial charge < -0.3 is 15.0 Å². The molecule has 0 saturated heterocycles. The van der Waals surface area contributed by atoms with Gasteiger partial charge in [-0.1, -0.05) is 54.6 Å². The van der Waals surface area contributed by atoms with E-state index in [1.54, 1.807) is 32.0 Å². The molecule has 0 unspecified atom stereocenters. The molecule has 0 bridgehead atoms. The fourth-order valence-electron chi connectivity index (χ4n) is 4.71. The highest BCUT2D eigenvalue weighted by Gasteiger charge is 2.42. The average Bonchev–Trinajstić information content (AvgIpc) is 2.89. The zero-order valence-corrected chi connectivity index (χ0v) is 20.5. The SMILES string of the molecule is CC1(C)Oc2ccc(C(=O)N3CCc4ccccc4C3)cc2N(CC(=O)NCc2ccccc2)C1=O. The number of fused-ring (bicyclic) bond motifs is 2. The highest BCUT2D eigenvalue weighted by atomic mass is 16.5. The van der Waals surface area contributed by atoms with E-state index in [4.69, 9.17) is 4.74 Å². The van der Waals surface area contributed by atoms with Crippen LogP contribution in [0.4, 0.5) is 5.69 Å². The van der Waals surface area contributed by atoms with Gasteiger partial charge in [-0.25, -0.2) is 0 Å². The molecule has 2 aliphatic heterocycles. The molecule has 0 atom stereocenters. The predicted octanol–water partition coefficient (Wildman–Crippen LogP) is 3.71. The van der Waals surface area contributed by atoms with Gasteiger partial charge >= 0.3 is 0 Å². The largest absolute Gasteiger partial charge is 0.476 e. The van der Waals surface area contributed by atoms with Gasteiger partial charge in [-0.05, 0) is 55.2 Å². The molecule has 3 aromatic rings. The lowest BCUT2D eigenvalue weighted by molar-refractivity contribution is -0.134. The molecule has 0 saturated carbocycles. The minimum atomic E-state index is -1.13. The van der Waals surface area contributed by atoms with Crippen molar-refractivity contribution in [2.24, 2.45) is 0 Å². The van der Waals surface area contributed by atoms with Crippen LogP contribution in [0.1, 0.15) is 40.9 Å². The number of nitrogens with zero attached hydrogens (tertiary/aromatic N) is 2. The minimum Gasteiger partial charge on any atom is -0.476 e. The quantitative estimate of drug-likeness (QED) is 0.600. The Morgan fingerprint density at radius 2 is 1.69 bits per heavy atom. The number of benzene rings is 3. The van der Waals surface area contributed by atoms with Crippen LogP contribution in [-0.2, 0) is 29.1 Å². The standard InChI is InChI=1S/C29H29N3O4/c1-29(2)28(35)32(19-26(33)30-17-20-8-4-3-5-9-20)24-16-22(12-13-25(24)36-29)27(34)31-15-14-21-10-6-7-11-23(21)18-31/h3-13,16H,14-15,17-19H2,1-2H3,(H,30,33). The third-order valence-electron chi connectivity index (χ3n) is 6.67. The number of hydrogen-bond donors (Lipinski definition) is 1. The molecule has 2 aliphatic rings. The molecule has 0 radical (unpaired) electrons. The number of ether oxygens (including phenoxy) is 1. The minimum absolute atomic E-state index is 0.113. The van der Waals surface area contributed by atoms with Crippen molar-refractivity contribution >= 4 is 23.4 Å². The first kappa shape index (κ1) is 23.6. The van der Waals surface area contributed by atoms with Crippen LogP contribution in [-0.4, -0.2) is 41.3 Å². The summed E-state index contributed by atoms with van der Waals surface area (Å²) in [5.41, 5.74) is 3.13. The summed E-state index contributed by atoms with van der Waals surface area (Å²) in [6.07, 6.45) is 0.802. The van der Waals surface area contributed by atoms with Gasteiger partial charge in [0.1, 0.15) is 12.3 Å². The van der Waals surface area contributed by atoms with Gasteiger partial charge in [-0.15, -0.1) is 0 Å². The van der Waals surface area contributed by atoms with Crippen molar-refractivity contribution in [2.75, 3.05) is 18.0 Å². The maximum atomic E-state index is 13.4. The molecule has 7 heteroatoms. The predicted molar refractivity (Wildman–Crippen MR) is 137 cm³/mol. The molecule has 0 spiro atoms. The maximum absolute atomic E-state index is 13.4. The van der Waals surface area contributed by atoms with Crippen molar-refractivity contribution in [3.8, 4) is 5.75 Å². The van der Waals surface area contributed by atoms with Crippen molar-refractivity contribution in [3.63, 3.8) is 0 Å². The first-order chi connectivity index (χ1) is 17.3. The first-order valence-corrected chi connectivity index (χ1v) is 12.1. The third-order valence-corrected chi connectivity index (χ3v) is 6.67. The lowest BCUT2D eigenvalue weighted by Gasteiger charge is -2.38. The molecule has 3 amide bonds. The Balaban J connectivity index is 1.37. The summed E-state index contributed by atoms with van der Waals surface area (Å²) < 4.78 is 5.95. The number of rotatable bonds is 5. The molecule has 3 aromatic carbocycles. The van der Waals surface area contributed by atoms with Crippen LogP contribution in [0.15, 0.2) is 72.8 Å². The van der Waals surface area contributed by atoms with Crippen LogP contribution in [0.5, 0.6) is 5.75 Å². The van der Waals surface area contributed by atoms with Crippen LogP contribution in [0.25, 0.3) is 0 Å². The molecule has 2 heterocycles. The van der Waals surface area contributed by atoms with E-state index >= 15 is 0 Å². The number of nitrogens with one attached hydrogen (secondary N) is 1. The lowest BCUT2D eigenvalue weighted by Crippen LogP contribution is -2.55. The van der Waals surface area contributed by atoms with Crippen molar-refractivity contribution in [3.05, 3.63) is 95.1 Å². The van der Waals surface area contributed by atoms with Gasteiger partial charge in [-0.3, -0.25) is 19.3 Å². The van der Waals surface area contributed by atoms with Gasteiger partial charge in [0.25, 0.3) is 11.8 Å². The van der Waals surface area contributed by atoms with E-state index in [2.05, 4.69) is 11.4 Å². The third kappa shape index (κ3) is 4.69. The fraction of sp³-hybridized carbons (Fsp3) is 0.276. The number of amides is 3. The van der Waals surface area contributed by atoms with Crippen LogP contribution in [0.2, 0.25) is 0 Å². The van der Waals surface area contributed by atoms with E-state index in [9.17, 15) is 14.4 Å². The summed E-state index contributed by atoms with van der Waals surface area (Å²) in [6.45, 7) is 4.72. The zero-order chi connectivity index (χ0) is 25.3. The Morgan fingerprint density at radius 3 is 2.47 bits per heavy atom. The zero-order valence-electron chi connectivity index (χ0n) is 20.5. The van der Waals surface area contributed by atoms with Crippen molar-refractivity contribution < 1.29 is 19.1 Å². The Hall–Kier alpha value is -4.13. The normalized spacial score (nSPS) is 16.0. The van der Waals surface area contributed by atoms with Gasteiger partial charge in [-0.2, -0.15) is 0 Å². The molecule has 184 valence electrons. The summed E-state index contributed by atoms with van der Waals surface area (Å²) in [5.74, 6) is -0.268. The van der Waals surface area contributed by atoms with E-state index in [0.29, 0.717) is 36.6 Å². The topological polar surface area (TPSA) is 79.0 Å². The number of carbonyl (C=O) groups excluding carboxylic acids is 3. The van der Waals surface area contributed by atoms with Crippen molar-refractivity contribution in [1.29, 1.82) is 0 Å². The second-order valence-electron chi connectivity index (χ2n) is 9.69. The number of hydrogen-bond acceptors (Lipinski definition) is 4. The molecule has 0 aromatic heterocycles. The summed E-state index contributed by atoms with van der Waals surface area (Å²) >= 11 is 0. The number of carbonyl (C=O) groups is 3. The Bertz CT molecular complexity index is 1320. The molecule has 36 heavy (non-hydrogen) atoms. The Morgan fingerprint density at radius 1 is 0.972 bits per heavy atom. The summed E-state index contributed by atoms with van der Waals surface area (Å²) in [5, 5.41) is 2.87. The highest BCUT2D eigenvalue weighted by Crippen LogP contribution is 2.38. The van der Waals surface area contributed by atoms with Crippen LogP contribution in [0, 0.1) is 0 Å². The van der Waals surface area contributed by atoms with Crippen molar-refractivity contribution in [1.82, 2.24) is 10.2 Å². The van der Waals surface area contributed by atoms with E-state index in [0.717, 1.165) is 17.5 Å².